The standard InChI is InChI=1S/C17H13Cl2FN2O2/c18-10-4-6-12(7-5-10)22-9-11(8-15(22)23)21-17(24)16-13(19)2-1-3-14(16)20/h1-7,11H,8-9H2,(H,21,24)/t11-/m1/s1. The summed E-state index contributed by atoms with van der Waals surface area (Å²) in [5.41, 5.74) is 0.488. The summed E-state index contributed by atoms with van der Waals surface area (Å²) in [4.78, 5) is 26.0. The molecular formula is C17H13Cl2FN2O2. The van der Waals surface area contributed by atoms with Crippen molar-refractivity contribution in [3.05, 3.63) is 63.9 Å². The minimum absolute atomic E-state index is 0.0337. The van der Waals surface area contributed by atoms with E-state index in [1.54, 1.807) is 29.2 Å². The van der Waals surface area contributed by atoms with Gasteiger partial charge in [0.25, 0.3) is 5.91 Å². The van der Waals surface area contributed by atoms with Gasteiger partial charge in [-0.25, -0.2) is 4.39 Å². The maximum Gasteiger partial charge on any atom is 0.256 e. The third-order valence-electron chi connectivity index (χ3n) is 3.79. The van der Waals surface area contributed by atoms with E-state index in [0.717, 1.165) is 0 Å². The molecule has 124 valence electrons. The van der Waals surface area contributed by atoms with Crippen LogP contribution in [0.3, 0.4) is 0 Å². The molecule has 0 unspecified atom stereocenters. The lowest BCUT2D eigenvalue weighted by Crippen LogP contribution is -2.37. The quantitative estimate of drug-likeness (QED) is 0.900. The van der Waals surface area contributed by atoms with Crippen molar-refractivity contribution >= 4 is 40.7 Å². The fourth-order valence-corrected chi connectivity index (χ4v) is 3.02. The molecule has 0 spiro atoms. The van der Waals surface area contributed by atoms with E-state index in [2.05, 4.69) is 5.32 Å². The molecule has 0 bridgehead atoms. The summed E-state index contributed by atoms with van der Waals surface area (Å²) in [5, 5.41) is 3.27. The van der Waals surface area contributed by atoms with Crippen molar-refractivity contribution in [1.29, 1.82) is 0 Å². The monoisotopic (exact) mass is 366 g/mol. The van der Waals surface area contributed by atoms with Crippen LogP contribution >= 0.6 is 23.2 Å². The first kappa shape index (κ1) is 16.7. The van der Waals surface area contributed by atoms with E-state index in [0.29, 0.717) is 17.3 Å². The third-order valence-corrected chi connectivity index (χ3v) is 4.36. The molecule has 1 N–H and O–H groups in total. The van der Waals surface area contributed by atoms with Crippen LogP contribution in [0.15, 0.2) is 42.5 Å². The van der Waals surface area contributed by atoms with Crippen molar-refractivity contribution in [2.45, 2.75) is 12.5 Å². The number of halogens is 3. The number of hydrogen-bond donors (Lipinski definition) is 1. The van der Waals surface area contributed by atoms with Gasteiger partial charge in [-0.1, -0.05) is 29.3 Å². The number of nitrogens with one attached hydrogen (secondary N) is 1. The Bertz CT molecular complexity index is 775. The van der Waals surface area contributed by atoms with Gasteiger partial charge in [-0.15, -0.1) is 0 Å². The van der Waals surface area contributed by atoms with Crippen LogP contribution in [0.5, 0.6) is 0 Å². The average molecular weight is 367 g/mol. The van der Waals surface area contributed by atoms with Crippen LogP contribution in [-0.4, -0.2) is 24.4 Å². The molecular weight excluding hydrogens is 354 g/mol. The van der Waals surface area contributed by atoms with E-state index in [1.165, 1.54) is 18.2 Å². The number of carbonyl (C=O) groups is 2. The highest BCUT2D eigenvalue weighted by atomic mass is 35.5. The second-order valence-electron chi connectivity index (χ2n) is 5.45. The van der Waals surface area contributed by atoms with Crippen molar-refractivity contribution < 1.29 is 14.0 Å². The molecule has 0 aliphatic carbocycles. The first-order valence-corrected chi connectivity index (χ1v) is 8.02. The molecule has 0 aromatic heterocycles. The maximum atomic E-state index is 13.8. The molecule has 1 atom stereocenters. The summed E-state index contributed by atoms with van der Waals surface area (Å²) >= 11 is 11.7. The van der Waals surface area contributed by atoms with Crippen LogP contribution in [0.25, 0.3) is 0 Å². The lowest BCUT2D eigenvalue weighted by Gasteiger charge is -2.17. The second-order valence-corrected chi connectivity index (χ2v) is 6.30. The van der Waals surface area contributed by atoms with Crippen molar-refractivity contribution in [2.75, 3.05) is 11.4 Å². The first-order chi connectivity index (χ1) is 11.5. The number of nitrogens with zero attached hydrogens (tertiary/aromatic N) is 1. The molecule has 1 aliphatic heterocycles. The molecule has 0 radical (unpaired) electrons. The molecule has 2 aromatic rings. The highest BCUT2D eigenvalue weighted by molar-refractivity contribution is 6.33. The van der Waals surface area contributed by atoms with E-state index in [4.69, 9.17) is 23.2 Å². The zero-order valence-corrected chi connectivity index (χ0v) is 13.9. The molecule has 3 rings (SSSR count). The van der Waals surface area contributed by atoms with Crippen LogP contribution in [0.4, 0.5) is 10.1 Å². The number of rotatable bonds is 3. The maximum absolute atomic E-state index is 13.8. The van der Waals surface area contributed by atoms with E-state index in [9.17, 15) is 14.0 Å². The molecule has 4 nitrogen and oxygen atoms in total. The zero-order valence-electron chi connectivity index (χ0n) is 12.4. The summed E-state index contributed by atoms with van der Waals surface area (Å²) in [7, 11) is 0. The Morgan fingerprint density at radius 1 is 1.17 bits per heavy atom. The third kappa shape index (κ3) is 3.37. The van der Waals surface area contributed by atoms with Crippen molar-refractivity contribution in [3.63, 3.8) is 0 Å². The van der Waals surface area contributed by atoms with Gasteiger partial charge in [-0.3, -0.25) is 9.59 Å². The molecule has 0 saturated carbocycles. The number of carbonyl (C=O) groups excluding carboxylic acids is 2. The van der Waals surface area contributed by atoms with Crippen LogP contribution < -0.4 is 10.2 Å². The zero-order chi connectivity index (χ0) is 17.3. The number of anilines is 1. The van der Waals surface area contributed by atoms with Gasteiger partial charge in [0.15, 0.2) is 0 Å². The van der Waals surface area contributed by atoms with Gasteiger partial charge in [-0.2, -0.15) is 0 Å². The topological polar surface area (TPSA) is 49.4 Å². The van der Waals surface area contributed by atoms with Crippen molar-refractivity contribution in [1.82, 2.24) is 5.32 Å². The van der Waals surface area contributed by atoms with Gasteiger partial charge < -0.3 is 10.2 Å². The molecule has 1 heterocycles. The van der Waals surface area contributed by atoms with Gasteiger partial charge in [0.05, 0.1) is 16.6 Å². The Morgan fingerprint density at radius 3 is 2.54 bits per heavy atom. The Hall–Kier alpha value is -2.11. The molecule has 2 amide bonds. The van der Waals surface area contributed by atoms with E-state index in [-0.39, 0.29) is 22.9 Å². The molecule has 24 heavy (non-hydrogen) atoms. The Labute approximate surface area is 148 Å². The smallest absolute Gasteiger partial charge is 0.256 e. The molecule has 7 heteroatoms. The lowest BCUT2D eigenvalue weighted by atomic mass is 10.1. The molecule has 1 saturated heterocycles. The normalized spacial score (nSPS) is 17.2. The Balaban J connectivity index is 1.72. The summed E-state index contributed by atoms with van der Waals surface area (Å²) in [6, 6.07) is 10.5. The average Bonchev–Trinajstić information content (AvgIpc) is 2.88. The van der Waals surface area contributed by atoms with Crippen LogP contribution in [0.2, 0.25) is 10.0 Å². The lowest BCUT2D eigenvalue weighted by molar-refractivity contribution is -0.117. The minimum atomic E-state index is -0.695. The fourth-order valence-electron chi connectivity index (χ4n) is 2.65. The van der Waals surface area contributed by atoms with E-state index >= 15 is 0 Å². The molecule has 2 aromatic carbocycles. The van der Waals surface area contributed by atoms with Crippen molar-refractivity contribution in [3.8, 4) is 0 Å². The summed E-state index contributed by atoms with van der Waals surface area (Å²) < 4.78 is 13.8. The fraction of sp³-hybridized carbons (Fsp3) is 0.176. The number of benzene rings is 2. The van der Waals surface area contributed by atoms with Gasteiger partial charge in [0, 0.05) is 23.7 Å². The summed E-state index contributed by atoms with van der Waals surface area (Å²) in [6.45, 7) is 0.304. The van der Waals surface area contributed by atoms with Crippen LogP contribution in [0, 0.1) is 5.82 Å². The largest absolute Gasteiger partial charge is 0.347 e. The van der Waals surface area contributed by atoms with Gasteiger partial charge >= 0.3 is 0 Å². The Kier molecular flexibility index (Phi) is 4.73. The van der Waals surface area contributed by atoms with Gasteiger partial charge in [-0.05, 0) is 36.4 Å². The summed E-state index contributed by atoms with van der Waals surface area (Å²) in [6.07, 6.45) is 0.139. The predicted octanol–water partition coefficient (Wildman–Crippen LogP) is 3.67. The summed E-state index contributed by atoms with van der Waals surface area (Å²) in [5.74, 6) is -1.45. The van der Waals surface area contributed by atoms with Crippen molar-refractivity contribution in [2.24, 2.45) is 0 Å². The SMILES string of the molecule is O=C(N[C@@H]1CC(=O)N(c2ccc(Cl)cc2)C1)c1c(F)cccc1Cl. The van der Waals surface area contributed by atoms with Gasteiger partial charge in [0.2, 0.25) is 5.91 Å². The number of hydrogen-bond acceptors (Lipinski definition) is 2. The Morgan fingerprint density at radius 2 is 1.88 bits per heavy atom. The first-order valence-electron chi connectivity index (χ1n) is 7.26. The van der Waals surface area contributed by atoms with Crippen LogP contribution in [-0.2, 0) is 4.79 Å². The second kappa shape index (κ2) is 6.79. The molecule has 1 fully saturated rings. The van der Waals surface area contributed by atoms with Crippen LogP contribution in [0.1, 0.15) is 16.8 Å². The highest BCUT2D eigenvalue weighted by Crippen LogP contribution is 2.24. The number of amides is 2. The highest BCUT2D eigenvalue weighted by Gasteiger charge is 2.32. The van der Waals surface area contributed by atoms with E-state index in [1.807, 2.05) is 0 Å². The predicted molar refractivity (Wildman–Crippen MR) is 91.1 cm³/mol. The van der Waals surface area contributed by atoms with Gasteiger partial charge in [0.1, 0.15) is 5.82 Å². The minimum Gasteiger partial charge on any atom is -0.347 e. The molecule has 1 aliphatic rings. The van der Waals surface area contributed by atoms with E-state index < -0.39 is 17.8 Å².